The largest absolute Gasteiger partial charge is 0.302 e. The van der Waals surface area contributed by atoms with Gasteiger partial charge in [-0.05, 0) is 36.8 Å². The van der Waals surface area contributed by atoms with Crippen LogP contribution in [0.4, 0.5) is 4.39 Å². The summed E-state index contributed by atoms with van der Waals surface area (Å²) in [6, 6.07) is 14.0. The fraction of sp³-hybridized carbons (Fsp3) is 0.133. The van der Waals surface area contributed by atoms with Gasteiger partial charge in [0.25, 0.3) is 0 Å². The molecule has 1 atom stereocenters. The molecule has 0 saturated carbocycles. The number of aldehydes is 1. The number of aryl methyl sites for hydroxylation is 1. The van der Waals surface area contributed by atoms with Crippen LogP contribution in [-0.4, -0.2) is 6.29 Å². The van der Waals surface area contributed by atoms with Crippen molar-refractivity contribution in [1.29, 1.82) is 0 Å². The first-order valence-corrected chi connectivity index (χ1v) is 6.51. The number of carbonyl (C=O) groups is 1. The fourth-order valence-corrected chi connectivity index (χ4v) is 2.53. The fourth-order valence-electron chi connectivity index (χ4n) is 1.59. The summed E-state index contributed by atoms with van der Waals surface area (Å²) in [7, 11) is 0. The van der Waals surface area contributed by atoms with Crippen molar-refractivity contribution in [2.24, 2.45) is 0 Å². The van der Waals surface area contributed by atoms with Gasteiger partial charge in [0.05, 0.1) is 5.25 Å². The van der Waals surface area contributed by atoms with Gasteiger partial charge < -0.3 is 4.79 Å². The molecule has 92 valence electrons. The number of hydrogen-bond donors (Lipinski definition) is 0. The Morgan fingerprint density at radius 2 is 1.67 bits per heavy atom. The monoisotopic (exact) mass is 260 g/mol. The highest BCUT2D eigenvalue weighted by Gasteiger charge is 2.11. The molecule has 2 rings (SSSR count). The van der Waals surface area contributed by atoms with Gasteiger partial charge in [-0.2, -0.15) is 0 Å². The summed E-state index contributed by atoms with van der Waals surface area (Å²) < 4.78 is 12.8. The molecule has 0 heterocycles. The molecule has 0 aromatic heterocycles. The zero-order valence-electron chi connectivity index (χ0n) is 9.97. The van der Waals surface area contributed by atoms with Gasteiger partial charge in [0, 0.05) is 4.90 Å². The maximum absolute atomic E-state index is 12.8. The average Bonchev–Trinajstić information content (AvgIpc) is 2.39. The van der Waals surface area contributed by atoms with Crippen molar-refractivity contribution in [3.05, 3.63) is 65.5 Å². The van der Waals surface area contributed by atoms with E-state index in [0.29, 0.717) is 0 Å². The van der Waals surface area contributed by atoms with Crippen molar-refractivity contribution < 1.29 is 9.18 Å². The van der Waals surface area contributed by atoms with Crippen molar-refractivity contribution in [3.63, 3.8) is 0 Å². The summed E-state index contributed by atoms with van der Waals surface area (Å²) in [6.07, 6.45) is 0.915. The van der Waals surface area contributed by atoms with E-state index in [4.69, 9.17) is 0 Å². The van der Waals surface area contributed by atoms with Gasteiger partial charge in [0.1, 0.15) is 12.1 Å². The Bertz CT molecular complexity index is 519. The topological polar surface area (TPSA) is 17.1 Å². The molecular weight excluding hydrogens is 247 g/mol. The normalized spacial score (nSPS) is 12.1. The summed E-state index contributed by atoms with van der Waals surface area (Å²) in [5.74, 6) is -0.266. The van der Waals surface area contributed by atoms with Gasteiger partial charge in [0.15, 0.2) is 0 Å². The molecule has 0 aliphatic rings. The maximum atomic E-state index is 12.8. The first-order chi connectivity index (χ1) is 8.69. The van der Waals surface area contributed by atoms with Crippen LogP contribution in [0, 0.1) is 12.7 Å². The molecule has 0 aliphatic carbocycles. The van der Waals surface area contributed by atoms with Gasteiger partial charge in [-0.25, -0.2) is 4.39 Å². The standard InChI is InChI=1S/C15H13FOS/c1-11-2-4-12(5-3-11)15(10-17)18-14-8-6-13(16)7-9-14/h2-10,15H,1H3. The van der Waals surface area contributed by atoms with E-state index in [9.17, 15) is 9.18 Å². The van der Waals surface area contributed by atoms with Crippen molar-refractivity contribution in [2.75, 3.05) is 0 Å². The van der Waals surface area contributed by atoms with Crippen LogP contribution >= 0.6 is 11.8 Å². The second kappa shape index (κ2) is 5.83. The van der Waals surface area contributed by atoms with Crippen LogP contribution in [0.5, 0.6) is 0 Å². The molecule has 0 fully saturated rings. The molecule has 0 radical (unpaired) electrons. The number of benzene rings is 2. The Kier molecular flexibility index (Phi) is 4.15. The van der Waals surface area contributed by atoms with Crippen LogP contribution in [0.2, 0.25) is 0 Å². The molecule has 1 nitrogen and oxygen atoms in total. The molecule has 2 aromatic rings. The summed E-state index contributed by atoms with van der Waals surface area (Å²) >= 11 is 1.42. The van der Waals surface area contributed by atoms with E-state index in [1.54, 1.807) is 12.1 Å². The second-order valence-electron chi connectivity index (χ2n) is 4.04. The molecule has 1 unspecified atom stereocenters. The highest BCUT2D eigenvalue weighted by Crippen LogP contribution is 2.33. The Labute approximate surface area is 110 Å². The van der Waals surface area contributed by atoms with Gasteiger partial charge in [-0.1, -0.05) is 29.8 Å². The van der Waals surface area contributed by atoms with Crippen molar-refractivity contribution >= 4 is 18.0 Å². The van der Waals surface area contributed by atoms with E-state index < -0.39 is 0 Å². The third-order valence-corrected chi connectivity index (χ3v) is 3.79. The average molecular weight is 260 g/mol. The smallest absolute Gasteiger partial charge is 0.137 e. The van der Waals surface area contributed by atoms with Gasteiger partial charge >= 0.3 is 0 Å². The van der Waals surface area contributed by atoms with Gasteiger partial charge in [-0.3, -0.25) is 0 Å². The zero-order chi connectivity index (χ0) is 13.0. The van der Waals surface area contributed by atoms with Crippen molar-refractivity contribution in [2.45, 2.75) is 17.1 Å². The summed E-state index contributed by atoms with van der Waals surface area (Å²) in [4.78, 5) is 12.1. The first-order valence-electron chi connectivity index (χ1n) is 5.63. The minimum atomic E-state index is -0.266. The lowest BCUT2D eigenvalue weighted by Gasteiger charge is -2.10. The highest BCUT2D eigenvalue weighted by molar-refractivity contribution is 8.00. The molecule has 0 N–H and O–H groups in total. The molecule has 3 heteroatoms. The molecule has 2 aromatic carbocycles. The quantitative estimate of drug-likeness (QED) is 0.606. The first kappa shape index (κ1) is 12.8. The molecule has 0 amide bonds. The van der Waals surface area contributed by atoms with Crippen LogP contribution in [0.3, 0.4) is 0 Å². The lowest BCUT2D eigenvalue weighted by molar-refractivity contribution is -0.107. The van der Waals surface area contributed by atoms with E-state index in [1.807, 2.05) is 31.2 Å². The summed E-state index contributed by atoms with van der Waals surface area (Å²) in [5, 5.41) is -0.254. The van der Waals surface area contributed by atoms with Crippen LogP contribution in [0.1, 0.15) is 16.4 Å². The molecule has 18 heavy (non-hydrogen) atoms. The second-order valence-corrected chi connectivity index (χ2v) is 5.25. The van der Waals surface area contributed by atoms with Gasteiger partial charge in [0.2, 0.25) is 0 Å². The minimum Gasteiger partial charge on any atom is -0.302 e. The van der Waals surface area contributed by atoms with Crippen LogP contribution in [-0.2, 0) is 4.79 Å². The SMILES string of the molecule is Cc1ccc(C(C=O)Sc2ccc(F)cc2)cc1. The van der Waals surface area contributed by atoms with E-state index in [0.717, 1.165) is 22.3 Å². The van der Waals surface area contributed by atoms with Crippen molar-refractivity contribution in [1.82, 2.24) is 0 Å². The third kappa shape index (κ3) is 3.20. The number of thioether (sulfide) groups is 1. The lowest BCUT2D eigenvalue weighted by Crippen LogP contribution is -1.95. The molecule has 0 saturated heterocycles. The van der Waals surface area contributed by atoms with Gasteiger partial charge in [-0.15, -0.1) is 11.8 Å². The summed E-state index contributed by atoms with van der Waals surface area (Å²) in [6.45, 7) is 2.01. The molecule has 0 aliphatic heterocycles. The lowest BCUT2D eigenvalue weighted by atomic mass is 10.1. The summed E-state index contributed by atoms with van der Waals surface area (Å²) in [5.41, 5.74) is 2.13. The van der Waals surface area contributed by atoms with Crippen LogP contribution < -0.4 is 0 Å². The predicted molar refractivity (Wildman–Crippen MR) is 72.2 cm³/mol. The Morgan fingerprint density at radius 1 is 1.06 bits per heavy atom. The molecular formula is C15H13FOS. The zero-order valence-corrected chi connectivity index (χ0v) is 10.8. The van der Waals surface area contributed by atoms with E-state index in [2.05, 4.69) is 0 Å². The third-order valence-electron chi connectivity index (χ3n) is 2.61. The number of hydrogen-bond acceptors (Lipinski definition) is 2. The minimum absolute atomic E-state index is 0.254. The van der Waals surface area contributed by atoms with E-state index in [1.165, 1.54) is 23.9 Å². The van der Waals surface area contributed by atoms with Crippen molar-refractivity contribution in [3.8, 4) is 0 Å². The Hall–Kier alpha value is -1.61. The molecule has 0 spiro atoms. The van der Waals surface area contributed by atoms with Crippen LogP contribution in [0.15, 0.2) is 53.4 Å². The predicted octanol–water partition coefficient (Wildman–Crippen LogP) is 4.17. The Balaban J connectivity index is 2.16. The number of halogens is 1. The van der Waals surface area contributed by atoms with E-state index >= 15 is 0 Å². The maximum Gasteiger partial charge on any atom is 0.137 e. The van der Waals surface area contributed by atoms with Crippen LogP contribution in [0.25, 0.3) is 0 Å². The molecule has 0 bridgehead atoms. The number of carbonyl (C=O) groups excluding carboxylic acids is 1. The number of rotatable bonds is 4. The highest BCUT2D eigenvalue weighted by atomic mass is 32.2. The Morgan fingerprint density at radius 3 is 2.22 bits per heavy atom. The van der Waals surface area contributed by atoms with E-state index in [-0.39, 0.29) is 11.1 Å².